The molecule has 3 rings (SSSR count). The lowest BCUT2D eigenvalue weighted by Crippen LogP contribution is -2.41. The number of amides is 1. The molecule has 1 fully saturated rings. The Hall–Kier alpha value is -2.33. The van der Waals surface area contributed by atoms with E-state index in [2.05, 4.69) is 42.3 Å². The summed E-state index contributed by atoms with van der Waals surface area (Å²) in [5, 5.41) is 0. The lowest BCUT2D eigenvalue weighted by Gasteiger charge is -2.33. The maximum atomic E-state index is 13.0. The van der Waals surface area contributed by atoms with Crippen molar-refractivity contribution >= 4 is 11.6 Å². The summed E-state index contributed by atoms with van der Waals surface area (Å²) in [6.07, 6.45) is 2.20. The van der Waals surface area contributed by atoms with Crippen LogP contribution in [0.1, 0.15) is 35.7 Å². The second-order valence-corrected chi connectivity index (χ2v) is 7.31. The summed E-state index contributed by atoms with van der Waals surface area (Å²) in [6.45, 7) is 5.96. The van der Waals surface area contributed by atoms with Crippen LogP contribution in [0.3, 0.4) is 0 Å². The third-order valence-electron chi connectivity index (χ3n) is 5.16. The van der Waals surface area contributed by atoms with Gasteiger partial charge in [0.25, 0.3) is 5.91 Å². The van der Waals surface area contributed by atoms with Gasteiger partial charge in [-0.2, -0.15) is 0 Å². The highest BCUT2D eigenvalue weighted by Gasteiger charge is 2.24. The molecule has 1 amide bonds. The minimum atomic E-state index is 0.131. The van der Waals surface area contributed by atoms with E-state index >= 15 is 0 Å². The third kappa shape index (κ3) is 5.33. The first kappa shape index (κ1) is 19.4. The van der Waals surface area contributed by atoms with Gasteiger partial charge in [-0.3, -0.25) is 4.79 Å². The van der Waals surface area contributed by atoms with E-state index < -0.39 is 0 Å². The number of carbonyl (C=O) groups excluding carboxylic acids is 1. The molecule has 1 aliphatic heterocycles. The van der Waals surface area contributed by atoms with Crippen molar-refractivity contribution in [2.75, 3.05) is 38.3 Å². The highest BCUT2D eigenvalue weighted by molar-refractivity contribution is 5.95. The minimum absolute atomic E-state index is 0.131. The van der Waals surface area contributed by atoms with Gasteiger partial charge in [0.15, 0.2) is 0 Å². The van der Waals surface area contributed by atoms with E-state index in [0.29, 0.717) is 5.92 Å². The van der Waals surface area contributed by atoms with Crippen LogP contribution in [0.2, 0.25) is 0 Å². The van der Waals surface area contributed by atoms with E-state index in [4.69, 9.17) is 4.74 Å². The maximum Gasteiger partial charge on any atom is 0.253 e. The zero-order chi connectivity index (χ0) is 19.1. The minimum Gasteiger partial charge on any atom is -0.381 e. The molecule has 0 saturated carbocycles. The molecular formula is C23H30N2O2. The zero-order valence-corrected chi connectivity index (χ0v) is 16.4. The Labute approximate surface area is 162 Å². The Morgan fingerprint density at radius 3 is 2.78 bits per heavy atom. The molecule has 1 unspecified atom stereocenters. The fourth-order valence-corrected chi connectivity index (χ4v) is 3.68. The number of anilines is 1. The number of benzene rings is 2. The van der Waals surface area contributed by atoms with Crippen LogP contribution >= 0.6 is 0 Å². The second-order valence-electron chi connectivity index (χ2n) is 7.31. The number of hydrogen-bond acceptors (Lipinski definition) is 3. The first-order valence-electron chi connectivity index (χ1n) is 9.89. The fourth-order valence-electron chi connectivity index (χ4n) is 3.68. The lowest BCUT2D eigenvalue weighted by molar-refractivity contribution is 0.0501. The van der Waals surface area contributed by atoms with Crippen LogP contribution in [0.5, 0.6) is 0 Å². The van der Waals surface area contributed by atoms with Gasteiger partial charge in [0.2, 0.25) is 0 Å². The molecule has 2 aromatic carbocycles. The summed E-state index contributed by atoms with van der Waals surface area (Å²) < 4.78 is 5.57. The van der Waals surface area contributed by atoms with Crippen LogP contribution in [0, 0.1) is 5.92 Å². The largest absolute Gasteiger partial charge is 0.381 e. The molecule has 4 heteroatoms. The lowest BCUT2D eigenvalue weighted by atomic mass is 9.98. The van der Waals surface area contributed by atoms with Crippen molar-refractivity contribution in [1.29, 1.82) is 0 Å². The first-order valence-corrected chi connectivity index (χ1v) is 9.89. The van der Waals surface area contributed by atoms with Gasteiger partial charge in [-0.1, -0.05) is 36.4 Å². The molecule has 1 atom stereocenters. The van der Waals surface area contributed by atoms with Crippen molar-refractivity contribution in [1.82, 2.24) is 4.90 Å². The summed E-state index contributed by atoms with van der Waals surface area (Å²) in [4.78, 5) is 17.2. The molecular weight excluding hydrogens is 336 g/mol. The fraction of sp³-hybridized carbons (Fsp3) is 0.435. The summed E-state index contributed by atoms with van der Waals surface area (Å²) in [5.41, 5.74) is 3.09. The number of hydrogen-bond donors (Lipinski definition) is 0. The van der Waals surface area contributed by atoms with Gasteiger partial charge >= 0.3 is 0 Å². The van der Waals surface area contributed by atoms with E-state index in [1.807, 2.05) is 36.1 Å². The van der Waals surface area contributed by atoms with Crippen molar-refractivity contribution in [2.45, 2.75) is 26.3 Å². The Balaban J connectivity index is 1.66. The van der Waals surface area contributed by atoms with Gasteiger partial charge in [-0.25, -0.2) is 0 Å². The van der Waals surface area contributed by atoms with Crippen molar-refractivity contribution in [3.05, 3.63) is 65.7 Å². The molecule has 1 saturated heterocycles. The summed E-state index contributed by atoms with van der Waals surface area (Å²) in [5.74, 6) is 0.581. The molecule has 0 aliphatic carbocycles. The Morgan fingerprint density at radius 1 is 1.19 bits per heavy atom. The van der Waals surface area contributed by atoms with Crippen LogP contribution in [0.25, 0.3) is 0 Å². The summed E-state index contributed by atoms with van der Waals surface area (Å²) in [6, 6.07) is 18.4. The quantitative estimate of drug-likeness (QED) is 0.736. The monoisotopic (exact) mass is 366 g/mol. The smallest absolute Gasteiger partial charge is 0.253 e. The predicted octanol–water partition coefficient (Wildman–Crippen LogP) is 4.21. The van der Waals surface area contributed by atoms with Crippen LogP contribution in [-0.4, -0.2) is 44.2 Å². The standard InChI is InChI=1S/C23H30N2O2/c1-3-27-18-20-11-8-14-25(17-20)23(26)21-12-7-13-22(15-21)24(2)16-19-9-5-4-6-10-19/h4-7,9-10,12-13,15,20H,3,8,11,14,16-18H2,1-2H3. The van der Waals surface area contributed by atoms with E-state index in [1.54, 1.807) is 0 Å². The topological polar surface area (TPSA) is 32.8 Å². The van der Waals surface area contributed by atoms with Crippen molar-refractivity contribution in [3.63, 3.8) is 0 Å². The molecule has 0 aromatic heterocycles. The number of carbonyl (C=O) groups is 1. The zero-order valence-electron chi connectivity index (χ0n) is 16.4. The SMILES string of the molecule is CCOCC1CCCN(C(=O)c2cccc(N(C)Cc3ccccc3)c2)C1. The van der Waals surface area contributed by atoms with Crippen LogP contribution in [0.4, 0.5) is 5.69 Å². The molecule has 0 spiro atoms. The van der Waals surface area contributed by atoms with Gasteiger partial charge in [-0.15, -0.1) is 0 Å². The average molecular weight is 367 g/mol. The predicted molar refractivity (Wildman–Crippen MR) is 110 cm³/mol. The normalized spacial score (nSPS) is 17.0. The number of rotatable bonds is 7. The van der Waals surface area contributed by atoms with Crippen molar-refractivity contribution < 1.29 is 9.53 Å². The molecule has 1 heterocycles. The van der Waals surface area contributed by atoms with E-state index in [9.17, 15) is 4.79 Å². The van der Waals surface area contributed by atoms with Crippen molar-refractivity contribution in [2.24, 2.45) is 5.92 Å². The van der Waals surface area contributed by atoms with E-state index in [-0.39, 0.29) is 5.91 Å². The molecule has 27 heavy (non-hydrogen) atoms. The number of ether oxygens (including phenoxy) is 1. The highest BCUT2D eigenvalue weighted by Crippen LogP contribution is 2.22. The van der Waals surface area contributed by atoms with Crippen molar-refractivity contribution in [3.8, 4) is 0 Å². The molecule has 1 aliphatic rings. The Morgan fingerprint density at radius 2 is 2.00 bits per heavy atom. The maximum absolute atomic E-state index is 13.0. The molecule has 4 nitrogen and oxygen atoms in total. The second kappa shape index (κ2) is 9.56. The van der Waals surface area contributed by atoms with Crippen LogP contribution in [0.15, 0.2) is 54.6 Å². The highest BCUT2D eigenvalue weighted by atomic mass is 16.5. The molecule has 0 radical (unpaired) electrons. The number of piperidine rings is 1. The first-order chi connectivity index (χ1) is 13.2. The Kier molecular flexibility index (Phi) is 6.88. The Bertz CT molecular complexity index is 732. The van der Waals surface area contributed by atoms with Gasteiger partial charge in [0, 0.05) is 44.5 Å². The molecule has 0 N–H and O–H groups in total. The molecule has 144 valence electrons. The van der Waals surface area contributed by atoms with Crippen LogP contribution < -0.4 is 4.90 Å². The van der Waals surface area contributed by atoms with Gasteiger partial charge in [-0.05, 0) is 49.4 Å². The van der Waals surface area contributed by atoms with Gasteiger partial charge < -0.3 is 14.5 Å². The van der Waals surface area contributed by atoms with Gasteiger partial charge in [0.05, 0.1) is 6.61 Å². The molecule has 0 bridgehead atoms. The summed E-state index contributed by atoms with van der Waals surface area (Å²) >= 11 is 0. The van der Waals surface area contributed by atoms with E-state index in [0.717, 1.165) is 56.9 Å². The summed E-state index contributed by atoms with van der Waals surface area (Å²) in [7, 11) is 2.07. The van der Waals surface area contributed by atoms with Crippen LogP contribution in [-0.2, 0) is 11.3 Å². The van der Waals surface area contributed by atoms with Gasteiger partial charge in [0.1, 0.15) is 0 Å². The number of likely N-dealkylation sites (tertiary alicyclic amines) is 1. The number of nitrogens with zero attached hydrogens (tertiary/aromatic N) is 2. The average Bonchev–Trinajstić information content (AvgIpc) is 2.72. The third-order valence-corrected chi connectivity index (χ3v) is 5.16. The van der Waals surface area contributed by atoms with E-state index in [1.165, 1.54) is 5.56 Å². The molecule has 2 aromatic rings.